The molecule has 0 aliphatic heterocycles. The summed E-state index contributed by atoms with van der Waals surface area (Å²) in [5, 5.41) is 3.62. The fourth-order valence-electron chi connectivity index (χ4n) is 3.22. The predicted octanol–water partition coefficient (Wildman–Crippen LogP) is 2.94. The molecule has 3 aromatic rings. The van der Waals surface area contributed by atoms with E-state index in [1.54, 1.807) is 21.3 Å². The quantitative estimate of drug-likeness (QED) is 0.637. The molecule has 0 fully saturated rings. The normalized spacial score (nSPS) is 10.9. The van der Waals surface area contributed by atoms with Crippen LogP contribution in [-0.4, -0.2) is 21.3 Å². The topological polar surface area (TPSA) is 27.7 Å². The van der Waals surface area contributed by atoms with Crippen molar-refractivity contribution in [3.05, 3.63) is 72.8 Å². The molecule has 3 nitrogen and oxygen atoms in total. The fourth-order valence-corrected chi connectivity index (χ4v) is 6.63. The minimum absolute atomic E-state index is 0.899. The van der Waals surface area contributed by atoms with Gasteiger partial charge in [-0.3, -0.25) is 0 Å². The predicted molar refractivity (Wildman–Crippen MR) is 108 cm³/mol. The second-order valence-electron chi connectivity index (χ2n) is 5.66. The number of para-hydroxylation sites is 3. The third-order valence-electron chi connectivity index (χ3n) is 4.35. The van der Waals surface area contributed by atoms with Gasteiger partial charge in [-0.1, -0.05) is 0 Å². The summed E-state index contributed by atoms with van der Waals surface area (Å²) in [6.07, 6.45) is 0. The van der Waals surface area contributed by atoms with Gasteiger partial charge in [0.15, 0.2) is 0 Å². The van der Waals surface area contributed by atoms with Crippen molar-refractivity contribution < 1.29 is 14.2 Å². The van der Waals surface area contributed by atoms with Crippen LogP contribution in [0.15, 0.2) is 72.8 Å². The van der Waals surface area contributed by atoms with Crippen LogP contribution in [0.3, 0.4) is 0 Å². The summed E-state index contributed by atoms with van der Waals surface area (Å²) >= 11 is 0. The third-order valence-corrected chi connectivity index (χ3v) is 7.65. The summed E-state index contributed by atoms with van der Waals surface area (Å²) in [5.41, 5.74) is 0. The maximum atomic E-state index is 5.67. The number of hydrogen-bond donors (Lipinski definition) is 0. The van der Waals surface area contributed by atoms with E-state index in [1.165, 1.54) is 15.9 Å². The molecule has 0 aliphatic carbocycles. The molecule has 0 saturated heterocycles. The van der Waals surface area contributed by atoms with Gasteiger partial charge in [-0.15, -0.1) is 0 Å². The summed E-state index contributed by atoms with van der Waals surface area (Å²) in [4.78, 5) is 0. The van der Waals surface area contributed by atoms with Crippen LogP contribution in [0.1, 0.15) is 0 Å². The molecule has 0 heterocycles. The van der Waals surface area contributed by atoms with Gasteiger partial charge in [-0.05, 0) is 0 Å². The monoisotopic (exact) mass is 354 g/mol. The number of hydrogen-bond acceptors (Lipinski definition) is 3. The van der Waals surface area contributed by atoms with Gasteiger partial charge in [0, 0.05) is 0 Å². The Kier molecular flexibility index (Phi) is 5.57. The number of ether oxygens (including phenoxy) is 3. The van der Waals surface area contributed by atoms with Crippen molar-refractivity contribution in [1.82, 2.24) is 0 Å². The molecule has 0 saturated carbocycles. The van der Waals surface area contributed by atoms with Gasteiger partial charge >= 0.3 is 149 Å². The molecule has 0 amide bonds. The van der Waals surface area contributed by atoms with E-state index in [0.29, 0.717) is 0 Å². The Morgan fingerprint density at radius 3 is 1.04 bits per heavy atom. The molecule has 25 heavy (non-hydrogen) atoms. The molecule has 0 bridgehead atoms. The standard InChI is InChI=1S/C21H23O3P/c1-22-16-10-4-7-13-19(16)25(20-14-8-5-11-17(20)23-2)21-15-9-6-12-18(21)24-3/h4-15H,25H2,1-3H3. The van der Waals surface area contributed by atoms with Gasteiger partial charge in [0.25, 0.3) is 0 Å². The molecular formula is C21H23O3P. The molecule has 0 N–H and O–H groups in total. The Bertz CT molecular complexity index is 735. The first-order valence-corrected chi connectivity index (χ1v) is 9.92. The second kappa shape index (κ2) is 8.04. The Hall–Kier alpha value is -2.51. The van der Waals surface area contributed by atoms with Crippen molar-refractivity contribution in [2.45, 2.75) is 0 Å². The van der Waals surface area contributed by atoms with Gasteiger partial charge in [-0.25, -0.2) is 0 Å². The number of methoxy groups -OCH3 is 3. The summed E-state index contributed by atoms with van der Waals surface area (Å²) in [6, 6.07) is 24.7. The zero-order chi connectivity index (χ0) is 17.6. The molecule has 4 heteroatoms. The molecule has 0 unspecified atom stereocenters. The molecule has 3 aromatic carbocycles. The average Bonchev–Trinajstić information content (AvgIpc) is 2.69. The zero-order valence-electron chi connectivity index (χ0n) is 14.7. The number of benzene rings is 3. The molecule has 0 spiro atoms. The van der Waals surface area contributed by atoms with E-state index in [4.69, 9.17) is 14.2 Å². The Morgan fingerprint density at radius 1 is 0.480 bits per heavy atom. The van der Waals surface area contributed by atoms with Crippen LogP contribution in [0.5, 0.6) is 17.2 Å². The van der Waals surface area contributed by atoms with Crippen molar-refractivity contribution in [3.63, 3.8) is 0 Å². The van der Waals surface area contributed by atoms with E-state index in [9.17, 15) is 0 Å². The molecule has 0 atom stereocenters. The van der Waals surface area contributed by atoms with Gasteiger partial charge in [0.1, 0.15) is 0 Å². The van der Waals surface area contributed by atoms with Crippen molar-refractivity contribution >= 4 is 23.8 Å². The summed E-state index contributed by atoms with van der Waals surface area (Å²) in [7, 11) is 3.30. The van der Waals surface area contributed by atoms with Gasteiger partial charge in [0.2, 0.25) is 0 Å². The maximum absolute atomic E-state index is 5.67. The summed E-state index contributed by atoms with van der Waals surface area (Å²) < 4.78 is 17.0. The summed E-state index contributed by atoms with van der Waals surface area (Å²) in [6.45, 7) is 0. The minimum atomic E-state index is -1.85. The van der Waals surface area contributed by atoms with E-state index >= 15 is 0 Å². The SMILES string of the molecule is COc1ccccc1[PH2](c1ccccc1OC)c1ccccc1OC. The molecule has 130 valence electrons. The zero-order valence-corrected chi connectivity index (χ0v) is 15.9. The van der Waals surface area contributed by atoms with Crippen LogP contribution in [0.4, 0.5) is 0 Å². The molecular weight excluding hydrogens is 331 g/mol. The molecule has 0 aromatic heterocycles. The first kappa shape index (κ1) is 17.3. The fraction of sp³-hybridized carbons (Fsp3) is 0.143. The van der Waals surface area contributed by atoms with E-state index in [2.05, 4.69) is 36.4 Å². The van der Waals surface area contributed by atoms with Gasteiger partial charge < -0.3 is 0 Å². The van der Waals surface area contributed by atoms with Crippen LogP contribution in [0.25, 0.3) is 0 Å². The molecule has 0 radical (unpaired) electrons. The second-order valence-corrected chi connectivity index (χ2v) is 8.39. The Labute approximate surface area is 149 Å². The molecule has 3 rings (SSSR count). The van der Waals surface area contributed by atoms with E-state index in [1.807, 2.05) is 36.4 Å². The van der Waals surface area contributed by atoms with Crippen molar-refractivity contribution in [3.8, 4) is 17.2 Å². The van der Waals surface area contributed by atoms with E-state index in [-0.39, 0.29) is 0 Å². The molecule has 0 aliphatic rings. The first-order valence-electron chi connectivity index (χ1n) is 8.19. The van der Waals surface area contributed by atoms with Crippen molar-refractivity contribution in [1.29, 1.82) is 0 Å². The van der Waals surface area contributed by atoms with Crippen molar-refractivity contribution in [2.75, 3.05) is 21.3 Å². The van der Waals surface area contributed by atoms with E-state index in [0.717, 1.165) is 17.2 Å². The average molecular weight is 354 g/mol. The van der Waals surface area contributed by atoms with Crippen LogP contribution in [0.2, 0.25) is 0 Å². The van der Waals surface area contributed by atoms with Crippen molar-refractivity contribution in [2.24, 2.45) is 0 Å². The third kappa shape index (κ3) is 3.47. The van der Waals surface area contributed by atoms with Gasteiger partial charge in [0.05, 0.1) is 0 Å². The van der Waals surface area contributed by atoms with Crippen LogP contribution < -0.4 is 30.1 Å². The van der Waals surface area contributed by atoms with E-state index < -0.39 is 7.92 Å². The number of rotatable bonds is 6. The van der Waals surface area contributed by atoms with Gasteiger partial charge in [-0.2, -0.15) is 0 Å². The Morgan fingerprint density at radius 2 is 0.760 bits per heavy atom. The van der Waals surface area contributed by atoms with Crippen LogP contribution >= 0.6 is 7.92 Å². The van der Waals surface area contributed by atoms with Crippen LogP contribution in [0, 0.1) is 0 Å². The Balaban J connectivity index is 2.29. The summed E-state index contributed by atoms with van der Waals surface area (Å²) in [5.74, 6) is 2.70. The first-order chi connectivity index (χ1) is 12.3. The van der Waals surface area contributed by atoms with Crippen LogP contribution in [-0.2, 0) is 0 Å².